The average Bonchev–Trinajstić information content (AvgIpc) is 2.49. The fraction of sp³-hybridized carbons (Fsp3) is 0.294. The second kappa shape index (κ2) is 7.97. The Morgan fingerprint density at radius 1 is 1.14 bits per heavy atom. The number of nitrogens with one attached hydrogen (secondary N) is 1. The predicted octanol–water partition coefficient (Wildman–Crippen LogP) is 5.31. The Morgan fingerprint density at radius 3 is 2.57 bits per heavy atom. The van der Waals surface area contributed by atoms with E-state index < -0.39 is 0 Å². The molecule has 1 N–H and O–H groups in total. The van der Waals surface area contributed by atoms with Crippen molar-refractivity contribution in [2.45, 2.75) is 19.4 Å². The van der Waals surface area contributed by atoms with Gasteiger partial charge in [-0.2, -0.15) is 0 Å². The first-order chi connectivity index (χ1) is 10.2. The van der Waals surface area contributed by atoms with Crippen molar-refractivity contribution in [2.24, 2.45) is 0 Å². The van der Waals surface area contributed by atoms with Gasteiger partial charge in [0.1, 0.15) is 5.75 Å². The first-order valence-corrected chi connectivity index (χ1v) is 8.56. The van der Waals surface area contributed by atoms with Gasteiger partial charge in [0, 0.05) is 8.95 Å². The van der Waals surface area contributed by atoms with Gasteiger partial charge in [0.25, 0.3) is 0 Å². The molecular formula is C17H19Br2NO. The summed E-state index contributed by atoms with van der Waals surface area (Å²) < 4.78 is 7.42. The van der Waals surface area contributed by atoms with E-state index in [4.69, 9.17) is 4.74 Å². The maximum atomic E-state index is 5.28. The van der Waals surface area contributed by atoms with E-state index in [0.29, 0.717) is 0 Å². The second-order valence-corrected chi connectivity index (χ2v) is 6.60. The first-order valence-electron chi connectivity index (χ1n) is 6.98. The molecule has 0 aromatic heterocycles. The van der Waals surface area contributed by atoms with Crippen LogP contribution in [0, 0.1) is 0 Å². The summed E-state index contributed by atoms with van der Waals surface area (Å²) in [5, 5.41) is 3.62. The van der Waals surface area contributed by atoms with Gasteiger partial charge in [-0.05, 0) is 48.4 Å². The molecular weight excluding hydrogens is 394 g/mol. The maximum Gasteiger partial charge on any atom is 0.120 e. The van der Waals surface area contributed by atoms with Crippen LogP contribution in [-0.2, 0) is 0 Å². The molecule has 0 bridgehead atoms. The van der Waals surface area contributed by atoms with Gasteiger partial charge in [0.05, 0.1) is 13.2 Å². The highest BCUT2D eigenvalue weighted by Gasteiger charge is 2.16. The minimum absolute atomic E-state index is 0.155. The van der Waals surface area contributed by atoms with E-state index in [1.54, 1.807) is 7.11 Å². The molecule has 2 nitrogen and oxygen atoms in total. The fourth-order valence-corrected chi connectivity index (χ4v) is 3.25. The number of methoxy groups -OCH3 is 1. The zero-order valence-electron chi connectivity index (χ0n) is 12.2. The van der Waals surface area contributed by atoms with Gasteiger partial charge >= 0.3 is 0 Å². The third-order valence-electron chi connectivity index (χ3n) is 3.30. The molecule has 0 aliphatic rings. The SMILES string of the molecule is CCCNC(c1cccc(Br)c1)c1ccc(OC)cc1Br. The Kier molecular flexibility index (Phi) is 6.27. The average molecular weight is 413 g/mol. The summed E-state index contributed by atoms with van der Waals surface area (Å²) >= 11 is 7.22. The Morgan fingerprint density at radius 2 is 1.95 bits per heavy atom. The molecule has 0 saturated heterocycles. The second-order valence-electron chi connectivity index (χ2n) is 4.83. The molecule has 0 fully saturated rings. The first kappa shape index (κ1) is 16.5. The van der Waals surface area contributed by atoms with Crippen LogP contribution in [0.4, 0.5) is 0 Å². The van der Waals surface area contributed by atoms with Gasteiger partial charge in [0.15, 0.2) is 0 Å². The van der Waals surface area contributed by atoms with Gasteiger partial charge < -0.3 is 10.1 Å². The van der Waals surface area contributed by atoms with E-state index in [9.17, 15) is 0 Å². The van der Waals surface area contributed by atoms with Crippen molar-refractivity contribution in [1.82, 2.24) is 5.32 Å². The molecule has 2 aromatic carbocycles. The molecule has 0 radical (unpaired) electrons. The maximum absolute atomic E-state index is 5.28. The summed E-state index contributed by atoms with van der Waals surface area (Å²) in [5.41, 5.74) is 2.45. The molecule has 2 aromatic rings. The monoisotopic (exact) mass is 411 g/mol. The molecule has 2 rings (SSSR count). The van der Waals surface area contributed by atoms with Crippen LogP contribution in [0.25, 0.3) is 0 Å². The van der Waals surface area contributed by atoms with Crippen LogP contribution in [0.15, 0.2) is 51.4 Å². The van der Waals surface area contributed by atoms with Gasteiger partial charge in [-0.25, -0.2) is 0 Å². The quantitative estimate of drug-likeness (QED) is 0.694. The zero-order chi connectivity index (χ0) is 15.2. The van der Waals surface area contributed by atoms with Gasteiger partial charge in [-0.3, -0.25) is 0 Å². The highest BCUT2D eigenvalue weighted by Crippen LogP contribution is 2.32. The van der Waals surface area contributed by atoms with E-state index in [-0.39, 0.29) is 6.04 Å². The Labute approximate surface area is 143 Å². The van der Waals surface area contributed by atoms with Crippen LogP contribution in [0.3, 0.4) is 0 Å². The summed E-state index contributed by atoms with van der Waals surface area (Å²) in [6, 6.07) is 14.7. The van der Waals surface area contributed by atoms with E-state index in [1.165, 1.54) is 11.1 Å². The summed E-state index contributed by atoms with van der Waals surface area (Å²) in [6.45, 7) is 3.14. The number of rotatable bonds is 6. The number of hydrogen-bond acceptors (Lipinski definition) is 2. The van der Waals surface area contributed by atoms with Crippen molar-refractivity contribution in [2.75, 3.05) is 13.7 Å². The van der Waals surface area contributed by atoms with E-state index >= 15 is 0 Å². The third kappa shape index (κ3) is 4.31. The van der Waals surface area contributed by atoms with Crippen molar-refractivity contribution in [3.05, 3.63) is 62.5 Å². The van der Waals surface area contributed by atoms with Crippen LogP contribution >= 0.6 is 31.9 Å². The Balaban J connectivity index is 2.40. The largest absolute Gasteiger partial charge is 0.497 e. The lowest BCUT2D eigenvalue weighted by atomic mass is 9.98. The van der Waals surface area contributed by atoms with Gasteiger partial charge in [-0.1, -0.05) is 57.0 Å². The lowest BCUT2D eigenvalue weighted by molar-refractivity contribution is 0.414. The molecule has 4 heteroatoms. The van der Waals surface area contributed by atoms with Crippen LogP contribution in [0.1, 0.15) is 30.5 Å². The fourth-order valence-electron chi connectivity index (χ4n) is 2.25. The normalized spacial score (nSPS) is 12.2. The van der Waals surface area contributed by atoms with Crippen LogP contribution < -0.4 is 10.1 Å². The van der Waals surface area contributed by atoms with Crippen LogP contribution in [-0.4, -0.2) is 13.7 Å². The molecule has 21 heavy (non-hydrogen) atoms. The molecule has 112 valence electrons. The molecule has 0 aliphatic heterocycles. The van der Waals surface area contributed by atoms with E-state index in [1.807, 2.05) is 18.2 Å². The standard InChI is InChI=1S/C17H19Br2NO/c1-3-9-20-17(12-5-4-6-13(18)10-12)15-8-7-14(21-2)11-16(15)19/h4-8,10-11,17,20H,3,9H2,1-2H3. The Hall–Kier alpha value is -0.840. The van der Waals surface area contributed by atoms with Crippen molar-refractivity contribution in [3.63, 3.8) is 0 Å². The molecule has 0 aliphatic carbocycles. The van der Waals surface area contributed by atoms with E-state index in [0.717, 1.165) is 27.7 Å². The highest BCUT2D eigenvalue weighted by molar-refractivity contribution is 9.10. The van der Waals surface area contributed by atoms with Crippen molar-refractivity contribution >= 4 is 31.9 Å². The summed E-state index contributed by atoms with van der Waals surface area (Å²) in [4.78, 5) is 0. The molecule has 0 heterocycles. The van der Waals surface area contributed by atoms with E-state index in [2.05, 4.69) is 68.4 Å². The zero-order valence-corrected chi connectivity index (χ0v) is 15.4. The number of halogens is 2. The summed E-state index contributed by atoms with van der Waals surface area (Å²) in [7, 11) is 1.68. The van der Waals surface area contributed by atoms with Crippen LogP contribution in [0.5, 0.6) is 5.75 Å². The lowest BCUT2D eigenvalue weighted by Crippen LogP contribution is -2.23. The highest BCUT2D eigenvalue weighted by atomic mass is 79.9. The smallest absolute Gasteiger partial charge is 0.120 e. The lowest BCUT2D eigenvalue weighted by Gasteiger charge is -2.21. The minimum atomic E-state index is 0.155. The Bertz CT molecular complexity index is 601. The number of benzene rings is 2. The number of ether oxygens (including phenoxy) is 1. The summed E-state index contributed by atoms with van der Waals surface area (Å²) in [6.07, 6.45) is 1.10. The molecule has 1 atom stereocenters. The topological polar surface area (TPSA) is 21.3 Å². The third-order valence-corrected chi connectivity index (χ3v) is 4.48. The predicted molar refractivity (Wildman–Crippen MR) is 95.0 cm³/mol. The van der Waals surface area contributed by atoms with Crippen molar-refractivity contribution in [1.29, 1.82) is 0 Å². The minimum Gasteiger partial charge on any atom is -0.497 e. The summed E-state index contributed by atoms with van der Waals surface area (Å²) in [5.74, 6) is 0.856. The van der Waals surface area contributed by atoms with Gasteiger partial charge in [0.2, 0.25) is 0 Å². The van der Waals surface area contributed by atoms with Crippen molar-refractivity contribution < 1.29 is 4.74 Å². The van der Waals surface area contributed by atoms with Crippen molar-refractivity contribution in [3.8, 4) is 5.75 Å². The number of hydrogen-bond donors (Lipinski definition) is 1. The van der Waals surface area contributed by atoms with Gasteiger partial charge in [-0.15, -0.1) is 0 Å². The molecule has 0 saturated carbocycles. The molecule has 0 amide bonds. The molecule has 0 spiro atoms. The molecule has 1 unspecified atom stereocenters. The van der Waals surface area contributed by atoms with Crippen LogP contribution in [0.2, 0.25) is 0 Å².